The molecule has 24 nitrogen and oxygen atoms in total. The zero-order valence-electron chi connectivity index (χ0n) is 48.7. The Morgan fingerprint density at radius 2 is 0.793 bits per heavy atom. The van der Waals surface area contributed by atoms with Gasteiger partial charge in [-0.15, -0.1) is 0 Å². The van der Waals surface area contributed by atoms with Crippen molar-refractivity contribution in [2.75, 3.05) is 33.0 Å². The fourth-order valence-corrected chi connectivity index (χ4v) is 11.0. The SMILES string of the molecule is CCCCCCCCCCCCC/C=C/[C@@H](O)[C@H](CO[C@@H]1OC(CO)[C@@H](O[C@@H]2OC(CO)[C@H](O)[C@H](O[C@H]3OC(CO)[C@H](O)[C@H](O[C@H]4OC(CO)[C@H](O)[C@H](O)C4O)C3O)C2O)[C@H](O)C1O)NC(=O)CCCCCCCCCCCCCCC. The minimum absolute atomic E-state index is 0.215. The van der Waals surface area contributed by atoms with Crippen LogP contribution in [0.15, 0.2) is 12.2 Å². The summed E-state index contributed by atoms with van der Waals surface area (Å²) >= 11 is 0. The Kier molecular flexibility index (Phi) is 36.2. The van der Waals surface area contributed by atoms with Crippen LogP contribution >= 0.6 is 0 Å². The quantitative estimate of drug-likeness (QED) is 0.0298. The minimum atomic E-state index is -2.09. The summed E-state index contributed by atoms with van der Waals surface area (Å²) in [5.41, 5.74) is 0. The third-order valence-corrected chi connectivity index (χ3v) is 16.2. The standard InChI is InChI=1S/C58H107NO23/c1-3-5-7-9-11-13-15-17-19-21-23-25-27-29-37(64)36(59-42(65)30-28-26-24-22-20-18-16-14-12-10-8-6-4-2)35-75-55-49(72)47(70)52(41(34-63)79-55)80-57-50(73)54(45(68)39(32-61)77-57)82-58-51(74)53(44(67)40(33-62)78-58)81-56-48(71)46(69)43(66)38(31-60)76-56/h27,29,36-41,43-58,60-64,66-74H,3-26,28,30-35H2,1-2H3,(H,59,65)/b29-27+/t36-,37+,38?,39?,40?,41?,43-,44-,45-,46-,47+,48?,49?,50?,51?,52+,53-,54-,55+,56+,57-,58+/m0/s1. The van der Waals surface area contributed by atoms with E-state index in [2.05, 4.69) is 19.2 Å². The van der Waals surface area contributed by atoms with E-state index >= 15 is 0 Å². The van der Waals surface area contributed by atoms with Gasteiger partial charge in [0.2, 0.25) is 5.91 Å². The lowest BCUT2D eigenvalue weighted by Crippen LogP contribution is -2.67. The number of carbonyl (C=O) groups excluding carboxylic acids is 1. The molecule has 0 radical (unpaired) electrons. The number of allylic oxidation sites excluding steroid dienone is 1. The number of carbonyl (C=O) groups is 1. The lowest BCUT2D eigenvalue weighted by atomic mass is 9.95. The zero-order chi connectivity index (χ0) is 60.0. The summed E-state index contributed by atoms with van der Waals surface area (Å²) in [5, 5.41) is 154. The maximum absolute atomic E-state index is 13.3. The molecule has 22 atom stereocenters. The molecule has 15 N–H and O–H groups in total. The first-order chi connectivity index (χ1) is 39.6. The Morgan fingerprint density at radius 3 is 1.23 bits per heavy atom. The number of aliphatic hydroxyl groups excluding tert-OH is 14. The van der Waals surface area contributed by atoms with Crippen LogP contribution in [-0.4, -0.2) is 245 Å². The summed E-state index contributed by atoms with van der Waals surface area (Å²) in [6.45, 7) is 0.494. The molecule has 4 aliphatic heterocycles. The number of aliphatic hydroxyl groups is 14. The first-order valence-electron chi connectivity index (χ1n) is 31.0. The van der Waals surface area contributed by atoms with Crippen molar-refractivity contribution in [3.8, 4) is 0 Å². The molecule has 0 saturated carbocycles. The molecule has 4 fully saturated rings. The van der Waals surface area contributed by atoms with Gasteiger partial charge in [0.25, 0.3) is 0 Å². The molecule has 1 amide bonds. The highest BCUT2D eigenvalue weighted by Crippen LogP contribution is 2.35. The third-order valence-electron chi connectivity index (χ3n) is 16.2. The van der Waals surface area contributed by atoms with E-state index < -0.39 is 168 Å². The van der Waals surface area contributed by atoms with Crippen molar-refractivity contribution in [1.82, 2.24) is 5.32 Å². The molecule has 0 bridgehead atoms. The summed E-state index contributed by atoms with van der Waals surface area (Å²) in [7, 11) is 0. The normalized spacial score (nSPS) is 35.3. The van der Waals surface area contributed by atoms with Crippen LogP contribution in [0.3, 0.4) is 0 Å². The molecular formula is C58H107NO23. The highest BCUT2D eigenvalue weighted by atomic mass is 16.8. The molecule has 4 aliphatic rings. The second kappa shape index (κ2) is 40.7. The van der Waals surface area contributed by atoms with E-state index in [1.165, 1.54) is 103 Å². The van der Waals surface area contributed by atoms with Crippen molar-refractivity contribution >= 4 is 5.91 Å². The smallest absolute Gasteiger partial charge is 0.220 e. The lowest BCUT2D eigenvalue weighted by molar-refractivity contribution is -0.390. The van der Waals surface area contributed by atoms with E-state index in [1.807, 2.05) is 6.08 Å². The van der Waals surface area contributed by atoms with Gasteiger partial charge in [0, 0.05) is 6.42 Å². The van der Waals surface area contributed by atoms with E-state index in [-0.39, 0.29) is 12.3 Å². The van der Waals surface area contributed by atoms with E-state index in [1.54, 1.807) is 6.08 Å². The second-order valence-electron chi connectivity index (χ2n) is 22.9. The van der Waals surface area contributed by atoms with Crippen LogP contribution in [0.4, 0.5) is 0 Å². The van der Waals surface area contributed by atoms with E-state index in [9.17, 15) is 76.3 Å². The maximum atomic E-state index is 13.3. The lowest BCUT2D eigenvalue weighted by Gasteiger charge is -2.49. The van der Waals surface area contributed by atoms with E-state index in [4.69, 9.17) is 37.9 Å². The molecule has 0 aromatic carbocycles. The van der Waals surface area contributed by atoms with Crippen molar-refractivity contribution < 1.29 is 114 Å². The topological polar surface area (TPSA) is 386 Å². The molecule has 0 aromatic heterocycles. The number of rotatable bonds is 42. The van der Waals surface area contributed by atoms with Crippen molar-refractivity contribution in [3.05, 3.63) is 12.2 Å². The van der Waals surface area contributed by atoms with Gasteiger partial charge in [-0.2, -0.15) is 0 Å². The molecule has 482 valence electrons. The van der Waals surface area contributed by atoms with Gasteiger partial charge in [-0.3, -0.25) is 4.79 Å². The van der Waals surface area contributed by atoms with Gasteiger partial charge >= 0.3 is 0 Å². The number of ether oxygens (including phenoxy) is 8. The summed E-state index contributed by atoms with van der Waals surface area (Å²) in [6, 6.07) is -1.01. The highest BCUT2D eigenvalue weighted by molar-refractivity contribution is 5.76. The van der Waals surface area contributed by atoms with Crippen LogP contribution in [0.1, 0.15) is 181 Å². The van der Waals surface area contributed by atoms with E-state index in [0.29, 0.717) is 12.8 Å². The zero-order valence-corrected chi connectivity index (χ0v) is 48.7. The van der Waals surface area contributed by atoms with Crippen LogP contribution in [-0.2, 0) is 42.7 Å². The highest BCUT2D eigenvalue weighted by Gasteiger charge is 2.55. The fourth-order valence-electron chi connectivity index (χ4n) is 11.0. The molecule has 0 spiro atoms. The first kappa shape index (κ1) is 72.8. The predicted octanol–water partition coefficient (Wildman–Crippen LogP) is 0.860. The van der Waals surface area contributed by atoms with Crippen molar-refractivity contribution in [2.24, 2.45) is 0 Å². The van der Waals surface area contributed by atoms with Gasteiger partial charge in [0.1, 0.15) is 97.7 Å². The summed E-state index contributed by atoms with van der Waals surface area (Å²) < 4.78 is 45.8. The Hall–Kier alpha value is -1.67. The Morgan fingerprint density at radius 1 is 0.427 bits per heavy atom. The Bertz CT molecular complexity index is 1670. The molecule has 24 heteroatoms. The minimum Gasteiger partial charge on any atom is -0.394 e. The number of amides is 1. The Labute approximate surface area is 485 Å². The fraction of sp³-hybridized carbons (Fsp3) is 0.948. The number of unbranched alkanes of at least 4 members (excludes halogenated alkanes) is 23. The molecular weight excluding hydrogens is 1080 g/mol. The average Bonchev–Trinajstić information content (AvgIpc) is 3.11. The molecule has 82 heavy (non-hydrogen) atoms. The van der Waals surface area contributed by atoms with Gasteiger partial charge in [-0.25, -0.2) is 0 Å². The van der Waals surface area contributed by atoms with Crippen LogP contribution < -0.4 is 5.32 Å². The van der Waals surface area contributed by atoms with Gasteiger partial charge in [0.15, 0.2) is 25.2 Å². The van der Waals surface area contributed by atoms with Crippen LogP contribution in [0.2, 0.25) is 0 Å². The maximum Gasteiger partial charge on any atom is 0.220 e. The Balaban J connectivity index is 1.36. The van der Waals surface area contributed by atoms with E-state index in [0.717, 1.165) is 44.9 Å². The van der Waals surface area contributed by atoms with Crippen molar-refractivity contribution in [3.63, 3.8) is 0 Å². The monoisotopic (exact) mass is 1190 g/mol. The van der Waals surface area contributed by atoms with Gasteiger partial charge in [-0.05, 0) is 19.3 Å². The van der Waals surface area contributed by atoms with Crippen molar-refractivity contribution in [1.29, 1.82) is 0 Å². The molecule has 8 unspecified atom stereocenters. The molecule has 4 saturated heterocycles. The summed E-state index contributed by atoms with van der Waals surface area (Å²) in [4.78, 5) is 13.3. The predicted molar refractivity (Wildman–Crippen MR) is 296 cm³/mol. The number of nitrogens with one attached hydrogen (secondary N) is 1. The van der Waals surface area contributed by atoms with Crippen LogP contribution in [0, 0.1) is 0 Å². The summed E-state index contributed by atoms with van der Waals surface area (Å²) in [5.74, 6) is -0.308. The van der Waals surface area contributed by atoms with Crippen LogP contribution in [0.5, 0.6) is 0 Å². The average molecular weight is 1190 g/mol. The van der Waals surface area contributed by atoms with Crippen LogP contribution in [0.25, 0.3) is 0 Å². The number of hydrogen-bond donors (Lipinski definition) is 15. The third kappa shape index (κ3) is 23.5. The molecule has 4 rings (SSSR count). The van der Waals surface area contributed by atoms with Gasteiger partial charge < -0.3 is 115 Å². The molecule has 4 heterocycles. The van der Waals surface area contributed by atoms with Gasteiger partial charge in [0.05, 0.1) is 45.2 Å². The molecule has 0 aromatic rings. The second-order valence-corrected chi connectivity index (χ2v) is 22.9. The first-order valence-corrected chi connectivity index (χ1v) is 31.0. The molecule has 0 aliphatic carbocycles. The number of hydrogen-bond acceptors (Lipinski definition) is 23. The van der Waals surface area contributed by atoms with Crippen molar-refractivity contribution in [2.45, 2.75) is 316 Å². The van der Waals surface area contributed by atoms with Gasteiger partial charge in [-0.1, -0.05) is 167 Å². The summed E-state index contributed by atoms with van der Waals surface area (Å²) in [6.07, 6.45) is -5.29. The largest absolute Gasteiger partial charge is 0.394 e.